The smallest absolute Gasteiger partial charge is 0.165 e. The molecule has 6 heterocycles. The van der Waals surface area contributed by atoms with E-state index in [9.17, 15) is 0 Å². The standard InChI is InChI=1S/C22H24N8S/c1-2-15(10-23-5-1)11-30-14-28-19-21(26-13-27-22(19)30)29-8-9-31-18(12-29)16-3-6-24-20-17(16)4-7-25-20/h3-4,6-7,12-15,23H,1-2,5,8-11H2,(H,24,25)/t15-/m0/s1. The summed E-state index contributed by atoms with van der Waals surface area (Å²) in [5, 5.41) is 4.64. The quantitative estimate of drug-likeness (QED) is 0.512. The van der Waals surface area contributed by atoms with Crippen molar-refractivity contribution in [3.63, 3.8) is 0 Å². The molecular formula is C22H24N8S. The zero-order valence-electron chi connectivity index (χ0n) is 17.2. The van der Waals surface area contributed by atoms with Gasteiger partial charge in [0.25, 0.3) is 0 Å². The first-order chi connectivity index (χ1) is 15.4. The van der Waals surface area contributed by atoms with E-state index in [-0.39, 0.29) is 0 Å². The molecule has 1 saturated heterocycles. The van der Waals surface area contributed by atoms with E-state index in [1.807, 2.05) is 30.5 Å². The molecule has 0 bridgehead atoms. The predicted octanol–water partition coefficient (Wildman–Crippen LogP) is 3.25. The monoisotopic (exact) mass is 432 g/mol. The van der Waals surface area contributed by atoms with Gasteiger partial charge in [-0.25, -0.2) is 19.9 Å². The fourth-order valence-corrected chi connectivity index (χ4v) is 5.60. The zero-order chi connectivity index (χ0) is 20.6. The SMILES string of the molecule is C1=C(c2ccnc3[nH]ccc23)SCCN1c1ncnc2c1ncn2C[C@H]1CCCNC1. The Hall–Kier alpha value is -2.91. The van der Waals surface area contributed by atoms with Gasteiger partial charge in [0.05, 0.1) is 6.33 Å². The maximum atomic E-state index is 4.72. The molecule has 0 aliphatic carbocycles. The fraction of sp³-hybridized carbons (Fsp3) is 0.364. The van der Waals surface area contributed by atoms with Gasteiger partial charge in [0.2, 0.25) is 0 Å². The molecular weight excluding hydrogens is 408 g/mol. The summed E-state index contributed by atoms with van der Waals surface area (Å²) in [6.45, 7) is 4.02. The van der Waals surface area contributed by atoms with E-state index < -0.39 is 0 Å². The molecule has 158 valence electrons. The molecule has 1 atom stereocenters. The van der Waals surface area contributed by atoms with Gasteiger partial charge in [0, 0.05) is 53.3 Å². The molecule has 2 aliphatic heterocycles. The number of aromatic nitrogens is 6. The van der Waals surface area contributed by atoms with Crippen molar-refractivity contribution in [1.82, 2.24) is 34.8 Å². The highest BCUT2D eigenvalue weighted by atomic mass is 32.2. The van der Waals surface area contributed by atoms with Crippen LogP contribution in [0.25, 0.3) is 27.1 Å². The molecule has 9 heteroatoms. The lowest BCUT2D eigenvalue weighted by atomic mass is 10.00. The lowest BCUT2D eigenvalue weighted by molar-refractivity contribution is 0.339. The van der Waals surface area contributed by atoms with Crippen molar-refractivity contribution in [2.24, 2.45) is 5.92 Å². The number of nitrogens with one attached hydrogen (secondary N) is 2. The highest BCUT2D eigenvalue weighted by molar-refractivity contribution is 8.08. The highest BCUT2D eigenvalue weighted by Crippen LogP contribution is 2.36. The van der Waals surface area contributed by atoms with Crippen LogP contribution in [-0.2, 0) is 6.54 Å². The number of hydrogen-bond donors (Lipinski definition) is 2. The summed E-state index contributed by atoms with van der Waals surface area (Å²) >= 11 is 1.87. The van der Waals surface area contributed by atoms with Crippen LogP contribution < -0.4 is 10.2 Å². The number of thioether (sulfide) groups is 1. The van der Waals surface area contributed by atoms with Crippen molar-refractivity contribution >= 4 is 44.7 Å². The lowest BCUT2D eigenvalue weighted by Gasteiger charge is -2.26. The summed E-state index contributed by atoms with van der Waals surface area (Å²) in [5.41, 5.74) is 3.90. The van der Waals surface area contributed by atoms with Gasteiger partial charge in [0.15, 0.2) is 17.0 Å². The van der Waals surface area contributed by atoms with Gasteiger partial charge < -0.3 is 19.8 Å². The van der Waals surface area contributed by atoms with E-state index in [1.54, 1.807) is 6.33 Å². The molecule has 0 spiro atoms. The fourth-order valence-electron chi connectivity index (χ4n) is 4.56. The Labute approximate surface area is 184 Å². The van der Waals surface area contributed by atoms with Gasteiger partial charge in [-0.2, -0.15) is 0 Å². The second kappa shape index (κ2) is 7.97. The number of fused-ring (bicyclic) bond motifs is 2. The first kappa shape index (κ1) is 18.8. The molecule has 2 N–H and O–H groups in total. The summed E-state index contributed by atoms with van der Waals surface area (Å²) in [5.74, 6) is 2.49. The Bertz CT molecular complexity index is 1250. The van der Waals surface area contributed by atoms with E-state index in [4.69, 9.17) is 4.98 Å². The summed E-state index contributed by atoms with van der Waals surface area (Å²) < 4.78 is 2.19. The van der Waals surface area contributed by atoms with Crippen molar-refractivity contribution in [3.05, 3.63) is 48.9 Å². The van der Waals surface area contributed by atoms with Crippen LogP contribution in [0, 0.1) is 5.92 Å². The number of aromatic amines is 1. The number of H-pyrrole nitrogens is 1. The number of pyridine rings is 1. The average Bonchev–Trinajstić information content (AvgIpc) is 3.47. The van der Waals surface area contributed by atoms with E-state index in [1.165, 1.54) is 23.3 Å². The van der Waals surface area contributed by atoms with Gasteiger partial charge in [0.1, 0.15) is 12.0 Å². The second-order valence-corrected chi connectivity index (χ2v) is 9.25. The van der Waals surface area contributed by atoms with Crippen molar-refractivity contribution in [2.45, 2.75) is 19.4 Å². The second-order valence-electron chi connectivity index (χ2n) is 8.11. The largest absolute Gasteiger partial charge is 0.346 e. The maximum absolute atomic E-state index is 4.72. The summed E-state index contributed by atoms with van der Waals surface area (Å²) in [6.07, 6.45) is 12.1. The third-order valence-corrected chi connectivity index (χ3v) is 7.12. The highest BCUT2D eigenvalue weighted by Gasteiger charge is 2.22. The van der Waals surface area contributed by atoms with Gasteiger partial charge in [-0.1, -0.05) is 0 Å². The first-order valence-corrected chi connectivity index (χ1v) is 11.8. The maximum Gasteiger partial charge on any atom is 0.165 e. The minimum atomic E-state index is 0.623. The Kier molecular flexibility index (Phi) is 4.84. The summed E-state index contributed by atoms with van der Waals surface area (Å²) in [6, 6.07) is 4.17. The van der Waals surface area contributed by atoms with Crippen LogP contribution in [0.2, 0.25) is 0 Å². The van der Waals surface area contributed by atoms with E-state index in [0.717, 1.165) is 59.9 Å². The predicted molar refractivity (Wildman–Crippen MR) is 125 cm³/mol. The number of imidazole rings is 1. The van der Waals surface area contributed by atoms with Gasteiger partial charge in [-0.15, -0.1) is 11.8 Å². The topological polar surface area (TPSA) is 87.6 Å². The van der Waals surface area contributed by atoms with E-state index >= 15 is 0 Å². The van der Waals surface area contributed by atoms with Crippen molar-refractivity contribution in [2.75, 3.05) is 30.3 Å². The molecule has 8 nitrogen and oxygen atoms in total. The third-order valence-electron chi connectivity index (χ3n) is 6.10. The molecule has 1 fully saturated rings. The molecule has 0 amide bonds. The van der Waals surface area contributed by atoms with Crippen molar-refractivity contribution in [3.8, 4) is 0 Å². The molecule has 31 heavy (non-hydrogen) atoms. The minimum Gasteiger partial charge on any atom is -0.346 e. The van der Waals surface area contributed by atoms with E-state index in [0.29, 0.717) is 5.92 Å². The van der Waals surface area contributed by atoms with Crippen LogP contribution in [0.15, 0.2) is 43.4 Å². The van der Waals surface area contributed by atoms with Crippen LogP contribution in [0.1, 0.15) is 18.4 Å². The van der Waals surface area contributed by atoms with Gasteiger partial charge in [-0.3, -0.25) is 0 Å². The summed E-state index contributed by atoms with van der Waals surface area (Å²) in [7, 11) is 0. The number of rotatable bonds is 4. The molecule has 4 aromatic heterocycles. The van der Waals surface area contributed by atoms with Gasteiger partial charge >= 0.3 is 0 Å². The molecule has 2 aliphatic rings. The summed E-state index contributed by atoms with van der Waals surface area (Å²) in [4.78, 5) is 25.0. The molecule has 6 rings (SSSR count). The number of nitrogens with zero attached hydrogens (tertiary/aromatic N) is 6. The Morgan fingerprint density at radius 1 is 1.16 bits per heavy atom. The number of hydrogen-bond acceptors (Lipinski definition) is 7. The normalized spacial score (nSPS) is 19.8. The van der Waals surface area contributed by atoms with Crippen molar-refractivity contribution in [1.29, 1.82) is 0 Å². The third kappa shape index (κ3) is 3.47. The molecule has 0 radical (unpaired) electrons. The lowest BCUT2D eigenvalue weighted by Crippen LogP contribution is -2.32. The van der Waals surface area contributed by atoms with Crippen LogP contribution in [0.3, 0.4) is 0 Å². The molecule has 0 saturated carbocycles. The Balaban J connectivity index is 1.35. The number of anilines is 1. The molecule has 4 aromatic rings. The van der Waals surface area contributed by atoms with E-state index in [2.05, 4.69) is 53.1 Å². The Morgan fingerprint density at radius 2 is 2.16 bits per heavy atom. The van der Waals surface area contributed by atoms with Crippen LogP contribution in [0.5, 0.6) is 0 Å². The van der Waals surface area contributed by atoms with Crippen molar-refractivity contribution < 1.29 is 0 Å². The first-order valence-electron chi connectivity index (χ1n) is 10.8. The Morgan fingerprint density at radius 3 is 3.10 bits per heavy atom. The molecule has 0 aromatic carbocycles. The van der Waals surface area contributed by atoms with Crippen LogP contribution >= 0.6 is 11.8 Å². The minimum absolute atomic E-state index is 0.623. The molecule has 0 unspecified atom stereocenters. The average molecular weight is 433 g/mol. The zero-order valence-corrected chi connectivity index (χ0v) is 18.0. The van der Waals surface area contributed by atoms with Crippen LogP contribution in [0.4, 0.5) is 5.82 Å². The van der Waals surface area contributed by atoms with Crippen LogP contribution in [-0.4, -0.2) is 54.9 Å². The van der Waals surface area contributed by atoms with Gasteiger partial charge in [-0.05, 0) is 44.0 Å². The number of piperidine rings is 1.